The van der Waals surface area contributed by atoms with E-state index in [2.05, 4.69) is 15.1 Å². The molecule has 0 bridgehead atoms. The number of nitrogen functional groups attached to an aromatic ring is 1. The first kappa shape index (κ1) is 10.4. The second-order valence-electron chi connectivity index (χ2n) is 3.85. The van der Waals surface area contributed by atoms with Gasteiger partial charge in [-0.05, 0) is 6.07 Å². The second-order valence-corrected chi connectivity index (χ2v) is 3.85. The Labute approximate surface area is 101 Å². The van der Waals surface area contributed by atoms with Crippen LogP contribution in [0.3, 0.4) is 0 Å². The van der Waals surface area contributed by atoms with Gasteiger partial charge in [-0.1, -0.05) is 23.4 Å². The largest absolute Gasteiger partial charge is 0.381 e. The Hall–Kier alpha value is -2.76. The van der Waals surface area contributed by atoms with E-state index in [9.17, 15) is 4.79 Å². The fourth-order valence-corrected chi connectivity index (χ4v) is 1.75. The zero-order valence-corrected chi connectivity index (χ0v) is 9.31. The maximum Gasteiger partial charge on any atom is 0.323 e. The van der Waals surface area contributed by atoms with Crippen LogP contribution in [0.4, 0.5) is 5.82 Å². The molecule has 0 unspecified atom stereocenters. The molecule has 6 heteroatoms. The summed E-state index contributed by atoms with van der Waals surface area (Å²) in [4.78, 5) is 16.3. The Balaban J connectivity index is 2.06. The summed E-state index contributed by atoms with van der Waals surface area (Å²) < 4.78 is 5.09. The number of benzene rings is 1. The highest BCUT2D eigenvalue weighted by molar-refractivity contribution is 5.69. The topological polar surface area (TPSA) is 101 Å². The van der Waals surface area contributed by atoms with Crippen LogP contribution in [-0.2, 0) is 0 Å². The van der Waals surface area contributed by atoms with Crippen molar-refractivity contribution in [2.24, 2.45) is 0 Å². The SMILES string of the molecule is Nc1cc(-c2cccc(-c3c[nH]c(=O)[nH]3)c2)on1. The van der Waals surface area contributed by atoms with Crippen LogP contribution in [0.5, 0.6) is 0 Å². The summed E-state index contributed by atoms with van der Waals surface area (Å²) in [5.74, 6) is 0.928. The minimum atomic E-state index is -0.237. The first-order valence-corrected chi connectivity index (χ1v) is 5.33. The van der Waals surface area contributed by atoms with Crippen molar-refractivity contribution in [1.82, 2.24) is 15.1 Å². The molecular weight excluding hydrogens is 232 g/mol. The molecule has 0 fully saturated rings. The number of nitrogens with two attached hydrogens (primary N) is 1. The number of nitrogens with one attached hydrogen (secondary N) is 2. The first-order chi connectivity index (χ1) is 8.72. The van der Waals surface area contributed by atoms with Gasteiger partial charge in [0.25, 0.3) is 0 Å². The summed E-state index contributed by atoms with van der Waals surface area (Å²) in [5, 5.41) is 3.64. The standard InChI is InChI=1S/C12H10N4O2/c13-11-5-10(18-16-11)8-3-1-2-7(4-8)9-6-14-12(17)15-9/h1-6H,(H2,13,16)(H2,14,15,17). The van der Waals surface area contributed by atoms with E-state index in [4.69, 9.17) is 10.3 Å². The molecule has 0 saturated heterocycles. The molecule has 0 saturated carbocycles. The number of H-pyrrole nitrogens is 2. The maximum absolute atomic E-state index is 11.1. The molecule has 2 heterocycles. The van der Waals surface area contributed by atoms with Crippen LogP contribution >= 0.6 is 0 Å². The normalized spacial score (nSPS) is 10.7. The molecular formula is C12H10N4O2. The lowest BCUT2D eigenvalue weighted by Gasteiger charge is -1.99. The highest BCUT2D eigenvalue weighted by Crippen LogP contribution is 2.25. The molecule has 0 spiro atoms. The van der Waals surface area contributed by atoms with E-state index < -0.39 is 0 Å². The summed E-state index contributed by atoms with van der Waals surface area (Å²) in [6.07, 6.45) is 1.62. The molecule has 0 aliphatic carbocycles. The first-order valence-electron chi connectivity index (χ1n) is 5.33. The zero-order chi connectivity index (χ0) is 12.5. The van der Waals surface area contributed by atoms with Crippen LogP contribution in [0.25, 0.3) is 22.6 Å². The molecule has 3 aromatic rings. The number of hydrogen-bond donors (Lipinski definition) is 3. The minimum Gasteiger partial charge on any atom is -0.381 e. The summed E-state index contributed by atoms with van der Waals surface area (Å²) in [6.45, 7) is 0. The van der Waals surface area contributed by atoms with Gasteiger partial charge in [0.15, 0.2) is 11.6 Å². The van der Waals surface area contributed by atoms with Gasteiger partial charge in [-0.3, -0.25) is 0 Å². The fourth-order valence-electron chi connectivity index (χ4n) is 1.75. The Morgan fingerprint density at radius 1 is 1.22 bits per heavy atom. The molecule has 1 aromatic carbocycles. The van der Waals surface area contributed by atoms with Gasteiger partial charge in [0.1, 0.15) is 0 Å². The number of anilines is 1. The van der Waals surface area contributed by atoms with E-state index in [1.165, 1.54) is 0 Å². The van der Waals surface area contributed by atoms with Gasteiger partial charge in [-0.25, -0.2) is 4.79 Å². The summed E-state index contributed by atoms with van der Waals surface area (Å²) in [5.41, 5.74) is 7.71. The highest BCUT2D eigenvalue weighted by atomic mass is 16.5. The van der Waals surface area contributed by atoms with E-state index in [1.54, 1.807) is 12.3 Å². The van der Waals surface area contributed by atoms with Crippen LogP contribution < -0.4 is 11.4 Å². The summed E-state index contributed by atoms with van der Waals surface area (Å²) in [6, 6.07) is 9.18. The van der Waals surface area contributed by atoms with Gasteiger partial charge in [-0.15, -0.1) is 0 Å². The maximum atomic E-state index is 11.1. The van der Waals surface area contributed by atoms with Crippen molar-refractivity contribution in [2.75, 3.05) is 5.73 Å². The van der Waals surface area contributed by atoms with Crippen molar-refractivity contribution in [1.29, 1.82) is 0 Å². The van der Waals surface area contributed by atoms with Gasteiger partial charge in [0.05, 0.1) is 5.69 Å². The minimum absolute atomic E-state index is 0.237. The van der Waals surface area contributed by atoms with Crippen molar-refractivity contribution in [3.63, 3.8) is 0 Å². The van der Waals surface area contributed by atoms with Gasteiger partial charge in [0.2, 0.25) is 0 Å². The Morgan fingerprint density at radius 2 is 2.06 bits per heavy atom. The van der Waals surface area contributed by atoms with Crippen LogP contribution in [0.15, 0.2) is 45.8 Å². The fraction of sp³-hybridized carbons (Fsp3) is 0. The van der Waals surface area contributed by atoms with Crippen molar-refractivity contribution in [3.8, 4) is 22.6 Å². The predicted octanol–water partition coefficient (Wildman–Crippen LogP) is 1.61. The van der Waals surface area contributed by atoms with E-state index in [-0.39, 0.29) is 5.69 Å². The van der Waals surface area contributed by atoms with Crippen molar-refractivity contribution in [3.05, 3.63) is 47.0 Å². The summed E-state index contributed by atoms with van der Waals surface area (Å²) in [7, 11) is 0. The van der Waals surface area contributed by atoms with Gasteiger partial charge in [-0.2, -0.15) is 0 Å². The molecule has 0 atom stereocenters. The van der Waals surface area contributed by atoms with E-state index >= 15 is 0 Å². The molecule has 2 aromatic heterocycles. The molecule has 4 N–H and O–H groups in total. The second kappa shape index (κ2) is 3.92. The number of aromatic amines is 2. The van der Waals surface area contributed by atoms with Gasteiger partial charge in [0, 0.05) is 23.4 Å². The molecule has 0 amide bonds. The van der Waals surface area contributed by atoms with Gasteiger partial charge < -0.3 is 20.2 Å². The number of aromatic nitrogens is 3. The van der Waals surface area contributed by atoms with Crippen molar-refractivity contribution >= 4 is 5.82 Å². The monoisotopic (exact) mass is 242 g/mol. The molecule has 6 nitrogen and oxygen atoms in total. The molecule has 18 heavy (non-hydrogen) atoms. The number of rotatable bonds is 2. The van der Waals surface area contributed by atoms with Crippen LogP contribution in [0.1, 0.15) is 0 Å². The van der Waals surface area contributed by atoms with Crippen LogP contribution in [-0.4, -0.2) is 15.1 Å². The molecule has 90 valence electrons. The zero-order valence-electron chi connectivity index (χ0n) is 9.31. The predicted molar refractivity (Wildman–Crippen MR) is 66.8 cm³/mol. The van der Waals surface area contributed by atoms with Crippen LogP contribution in [0, 0.1) is 0 Å². The third-order valence-electron chi connectivity index (χ3n) is 2.58. The number of hydrogen-bond acceptors (Lipinski definition) is 4. The van der Waals surface area contributed by atoms with E-state index in [1.807, 2.05) is 24.3 Å². The molecule has 0 aliphatic rings. The number of nitrogens with zero attached hydrogens (tertiary/aromatic N) is 1. The average molecular weight is 242 g/mol. The molecule has 3 rings (SSSR count). The summed E-state index contributed by atoms with van der Waals surface area (Å²) >= 11 is 0. The third-order valence-corrected chi connectivity index (χ3v) is 2.58. The smallest absolute Gasteiger partial charge is 0.323 e. The van der Waals surface area contributed by atoms with Crippen LogP contribution in [0.2, 0.25) is 0 Å². The Bertz CT molecular complexity index is 738. The molecule has 0 aliphatic heterocycles. The van der Waals surface area contributed by atoms with E-state index in [0.29, 0.717) is 17.3 Å². The average Bonchev–Trinajstić information content (AvgIpc) is 2.98. The van der Waals surface area contributed by atoms with E-state index in [0.717, 1.165) is 11.1 Å². The molecule has 0 radical (unpaired) electrons. The number of imidazole rings is 1. The lowest BCUT2D eigenvalue weighted by Crippen LogP contribution is -1.99. The van der Waals surface area contributed by atoms with Gasteiger partial charge >= 0.3 is 5.69 Å². The van der Waals surface area contributed by atoms with Crippen molar-refractivity contribution in [2.45, 2.75) is 0 Å². The highest BCUT2D eigenvalue weighted by Gasteiger charge is 2.07. The third kappa shape index (κ3) is 1.80. The lowest BCUT2D eigenvalue weighted by atomic mass is 10.1. The lowest BCUT2D eigenvalue weighted by molar-refractivity contribution is 0.436. The van der Waals surface area contributed by atoms with Crippen molar-refractivity contribution < 1.29 is 4.52 Å². The Morgan fingerprint density at radius 3 is 2.72 bits per heavy atom. The Kier molecular flexibility index (Phi) is 2.26. The quantitative estimate of drug-likeness (QED) is 0.635.